The van der Waals surface area contributed by atoms with E-state index < -0.39 is 11.4 Å². The van der Waals surface area contributed by atoms with Crippen LogP contribution in [0.4, 0.5) is 0 Å². The zero-order valence-electron chi connectivity index (χ0n) is 12.3. The fourth-order valence-corrected chi connectivity index (χ4v) is 3.99. The van der Waals surface area contributed by atoms with Gasteiger partial charge in [-0.15, -0.1) is 0 Å². The maximum atomic E-state index is 12.4. The van der Waals surface area contributed by atoms with Gasteiger partial charge in [0.05, 0.1) is 5.41 Å². The molecular weight excluding hydrogens is 262 g/mol. The Labute approximate surface area is 119 Å². The van der Waals surface area contributed by atoms with Crippen LogP contribution in [0.5, 0.6) is 0 Å². The van der Waals surface area contributed by atoms with E-state index in [0.29, 0.717) is 23.3 Å². The van der Waals surface area contributed by atoms with Crippen LogP contribution in [0.2, 0.25) is 0 Å². The van der Waals surface area contributed by atoms with Crippen molar-refractivity contribution in [3.05, 3.63) is 0 Å². The molecule has 0 radical (unpaired) electrons. The molecule has 0 bridgehead atoms. The normalized spacial score (nSPS) is 24.3. The van der Waals surface area contributed by atoms with Gasteiger partial charge in [0, 0.05) is 30.0 Å². The maximum absolute atomic E-state index is 12.4. The fourth-order valence-electron chi connectivity index (χ4n) is 2.66. The van der Waals surface area contributed by atoms with Crippen LogP contribution in [-0.2, 0) is 9.59 Å². The molecule has 0 aromatic carbocycles. The lowest BCUT2D eigenvalue weighted by atomic mass is 9.79. The molecule has 2 unspecified atom stereocenters. The van der Waals surface area contributed by atoms with Crippen molar-refractivity contribution in [1.29, 1.82) is 0 Å². The largest absolute Gasteiger partial charge is 0.481 e. The van der Waals surface area contributed by atoms with E-state index in [1.807, 2.05) is 30.5 Å². The summed E-state index contributed by atoms with van der Waals surface area (Å²) in [7, 11) is 0. The van der Waals surface area contributed by atoms with Crippen molar-refractivity contribution in [1.82, 2.24) is 4.90 Å². The number of amides is 1. The Morgan fingerprint density at radius 2 is 1.68 bits per heavy atom. The molecule has 1 aliphatic rings. The van der Waals surface area contributed by atoms with Gasteiger partial charge >= 0.3 is 5.97 Å². The van der Waals surface area contributed by atoms with E-state index in [0.717, 1.165) is 13.1 Å². The molecule has 1 rings (SSSR count). The van der Waals surface area contributed by atoms with Gasteiger partial charge in [-0.3, -0.25) is 9.59 Å². The average Bonchev–Trinajstić information content (AvgIpc) is 2.34. The van der Waals surface area contributed by atoms with Gasteiger partial charge in [0.25, 0.3) is 0 Å². The quantitative estimate of drug-likeness (QED) is 0.844. The zero-order chi connectivity index (χ0) is 14.6. The van der Waals surface area contributed by atoms with Crippen molar-refractivity contribution in [2.45, 2.75) is 57.5 Å². The third-order valence-electron chi connectivity index (χ3n) is 4.07. The number of carbonyl (C=O) groups excluding carboxylic acids is 1. The molecule has 19 heavy (non-hydrogen) atoms. The summed E-state index contributed by atoms with van der Waals surface area (Å²) < 4.78 is 0. The van der Waals surface area contributed by atoms with Gasteiger partial charge in [-0.2, -0.15) is 11.8 Å². The molecular formula is C14H25NO3S. The fraction of sp³-hybridized carbons (Fsp3) is 0.857. The molecule has 1 aliphatic heterocycles. The van der Waals surface area contributed by atoms with Crippen LogP contribution in [0.1, 0.15) is 47.0 Å². The van der Waals surface area contributed by atoms with Crippen molar-refractivity contribution in [3.8, 4) is 0 Å². The second kappa shape index (κ2) is 6.64. The Balaban J connectivity index is 2.74. The number of aliphatic carboxylic acids is 1. The first-order valence-electron chi connectivity index (χ1n) is 7.01. The molecule has 0 aliphatic carbocycles. The lowest BCUT2D eigenvalue weighted by molar-refractivity contribution is -0.154. The third-order valence-corrected chi connectivity index (χ3v) is 5.30. The molecule has 4 nitrogen and oxygen atoms in total. The molecule has 5 heteroatoms. The maximum Gasteiger partial charge on any atom is 0.310 e. The Morgan fingerprint density at radius 1 is 1.21 bits per heavy atom. The Morgan fingerprint density at radius 3 is 2.05 bits per heavy atom. The van der Waals surface area contributed by atoms with Gasteiger partial charge in [-0.25, -0.2) is 0 Å². The Hall–Kier alpha value is -0.710. The predicted molar refractivity (Wildman–Crippen MR) is 78.4 cm³/mol. The van der Waals surface area contributed by atoms with Crippen LogP contribution in [-0.4, -0.2) is 45.5 Å². The van der Waals surface area contributed by atoms with Crippen LogP contribution in [0.25, 0.3) is 0 Å². The SMILES string of the molecule is CCC(CC)(CC(=O)N1CC(C)SC(C)C1)C(=O)O. The lowest BCUT2D eigenvalue weighted by Gasteiger charge is -2.37. The van der Waals surface area contributed by atoms with Gasteiger partial charge in [0.1, 0.15) is 0 Å². The van der Waals surface area contributed by atoms with Gasteiger partial charge < -0.3 is 10.0 Å². The van der Waals surface area contributed by atoms with Crippen molar-refractivity contribution in [3.63, 3.8) is 0 Å². The Bertz CT molecular complexity index is 332. The number of nitrogens with zero attached hydrogens (tertiary/aromatic N) is 1. The van der Waals surface area contributed by atoms with Crippen LogP contribution in [0.15, 0.2) is 0 Å². The number of hydrogen-bond acceptors (Lipinski definition) is 3. The molecule has 0 aromatic heterocycles. The van der Waals surface area contributed by atoms with Gasteiger partial charge in [-0.05, 0) is 12.8 Å². The van der Waals surface area contributed by atoms with Crippen LogP contribution >= 0.6 is 11.8 Å². The first kappa shape index (κ1) is 16.3. The van der Waals surface area contributed by atoms with E-state index in [1.165, 1.54) is 0 Å². The topological polar surface area (TPSA) is 57.6 Å². The van der Waals surface area contributed by atoms with E-state index in [-0.39, 0.29) is 12.3 Å². The summed E-state index contributed by atoms with van der Waals surface area (Å²) in [5.74, 6) is -0.858. The molecule has 0 aromatic rings. The van der Waals surface area contributed by atoms with Gasteiger partial charge in [0.15, 0.2) is 0 Å². The first-order chi connectivity index (χ1) is 8.84. The second-order valence-corrected chi connectivity index (χ2v) is 7.41. The highest BCUT2D eigenvalue weighted by molar-refractivity contribution is 8.00. The Kier molecular flexibility index (Phi) is 5.71. The van der Waals surface area contributed by atoms with Crippen LogP contribution in [0.3, 0.4) is 0 Å². The molecule has 2 atom stereocenters. The third kappa shape index (κ3) is 3.88. The highest BCUT2D eigenvalue weighted by atomic mass is 32.2. The van der Waals surface area contributed by atoms with E-state index in [9.17, 15) is 14.7 Å². The lowest BCUT2D eigenvalue weighted by Crippen LogP contribution is -2.46. The number of carboxylic acids is 1. The summed E-state index contributed by atoms with van der Waals surface area (Å²) in [5.41, 5.74) is -0.895. The minimum Gasteiger partial charge on any atom is -0.481 e. The zero-order valence-corrected chi connectivity index (χ0v) is 13.1. The summed E-state index contributed by atoms with van der Waals surface area (Å²) in [5, 5.41) is 10.3. The second-order valence-electron chi connectivity index (χ2n) is 5.53. The highest BCUT2D eigenvalue weighted by Gasteiger charge is 2.39. The number of thioether (sulfide) groups is 1. The smallest absolute Gasteiger partial charge is 0.310 e. The van der Waals surface area contributed by atoms with Crippen LogP contribution in [0, 0.1) is 5.41 Å². The van der Waals surface area contributed by atoms with Gasteiger partial charge in [0.2, 0.25) is 5.91 Å². The molecule has 0 saturated carbocycles. The summed E-state index contributed by atoms with van der Waals surface area (Å²) in [6.45, 7) is 9.40. The summed E-state index contributed by atoms with van der Waals surface area (Å²) >= 11 is 1.89. The van der Waals surface area contributed by atoms with Crippen molar-refractivity contribution in [2.24, 2.45) is 5.41 Å². The molecule has 1 amide bonds. The van der Waals surface area contributed by atoms with Crippen molar-refractivity contribution in [2.75, 3.05) is 13.1 Å². The molecule has 0 spiro atoms. The summed E-state index contributed by atoms with van der Waals surface area (Å²) in [4.78, 5) is 25.7. The van der Waals surface area contributed by atoms with E-state index in [4.69, 9.17) is 0 Å². The van der Waals surface area contributed by atoms with E-state index in [1.54, 1.807) is 0 Å². The highest BCUT2D eigenvalue weighted by Crippen LogP contribution is 2.33. The average molecular weight is 287 g/mol. The number of carbonyl (C=O) groups is 2. The number of carboxylic acid groups (broad SMARTS) is 1. The standard InChI is InChI=1S/C14H25NO3S/c1-5-14(6-2,13(17)18)7-12(16)15-8-10(3)19-11(4)9-15/h10-11H,5-9H2,1-4H3,(H,17,18). The molecule has 1 fully saturated rings. The minimum atomic E-state index is -0.895. The predicted octanol–water partition coefficient (Wildman–Crippen LogP) is 2.62. The molecule has 110 valence electrons. The van der Waals surface area contributed by atoms with Crippen molar-refractivity contribution >= 4 is 23.6 Å². The minimum absolute atomic E-state index is 0.00917. The summed E-state index contributed by atoms with van der Waals surface area (Å²) in [6, 6.07) is 0. The van der Waals surface area contributed by atoms with Gasteiger partial charge in [-0.1, -0.05) is 27.7 Å². The van der Waals surface area contributed by atoms with E-state index >= 15 is 0 Å². The van der Waals surface area contributed by atoms with Crippen LogP contribution < -0.4 is 0 Å². The number of rotatable bonds is 5. The van der Waals surface area contributed by atoms with Crippen molar-refractivity contribution < 1.29 is 14.7 Å². The number of hydrogen-bond donors (Lipinski definition) is 1. The molecule has 1 heterocycles. The summed E-state index contributed by atoms with van der Waals surface area (Å²) in [6.07, 6.45) is 1.12. The molecule has 1 N–H and O–H groups in total. The van der Waals surface area contributed by atoms with E-state index in [2.05, 4.69) is 13.8 Å². The molecule has 1 saturated heterocycles. The first-order valence-corrected chi connectivity index (χ1v) is 7.95. The monoisotopic (exact) mass is 287 g/mol.